The van der Waals surface area contributed by atoms with E-state index in [4.69, 9.17) is 17.0 Å². The van der Waals surface area contributed by atoms with Gasteiger partial charge >= 0.3 is 37.9 Å². The fourth-order valence-corrected chi connectivity index (χ4v) is 0.470. The zero-order valence-corrected chi connectivity index (χ0v) is 9.04. The zero-order valence-electron chi connectivity index (χ0n) is 5.07. The van der Waals surface area contributed by atoms with Crippen molar-refractivity contribution in [2.45, 2.75) is 6.92 Å². The molecule has 1 aromatic carbocycles. The van der Waals surface area contributed by atoms with Crippen molar-refractivity contribution in [1.82, 2.24) is 0 Å². The van der Waals surface area contributed by atoms with Crippen LogP contribution < -0.4 is 0 Å². The molecule has 9 heavy (non-hydrogen) atoms. The van der Waals surface area contributed by atoms with Crippen molar-refractivity contribution in [3.63, 3.8) is 0 Å². The molecule has 0 aliphatic rings. The van der Waals surface area contributed by atoms with E-state index in [2.05, 4.69) is 19.1 Å². The van der Waals surface area contributed by atoms with Crippen molar-refractivity contribution >= 4 is 17.0 Å². The number of hydrogen-bond acceptors (Lipinski definition) is 0. The van der Waals surface area contributed by atoms with E-state index in [1.165, 1.54) is 5.56 Å². The van der Waals surface area contributed by atoms with Crippen LogP contribution in [0.1, 0.15) is 5.56 Å². The summed E-state index contributed by atoms with van der Waals surface area (Å²) in [5.74, 6) is 0. The molecule has 0 aliphatic heterocycles. The van der Waals surface area contributed by atoms with E-state index < -0.39 is 20.8 Å². The molecule has 0 aliphatic carbocycles. The van der Waals surface area contributed by atoms with Crippen molar-refractivity contribution < 1.29 is 20.8 Å². The Hall–Kier alpha value is 0.813. The number of aryl methyl sites for hydroxylation is 1. The van der Waals surface area contributed by atoms with Crippen LogP contribution in [0, 0.1) is 6.92 Å². The third kappa shape index (κ3) is 6.70. The first-order valence-electron chi connectivity index (χ1n) is 2.46. The second-order valence-corrected chi connectivity index (χ2v) is 5.27. The number of rotatable bonds is 0. The molecule has 0 radical (unpaired) electrons. The van der Waals surface area contributed by atoms with Crippen LogP contribution in [0.2, 0.25) is 0 Å². The van der Waals surface area contributed by atoms with Crippen molar-refractivity contribution in [3.8, 4) is 0 Å². The van der Waals surface area contributed by atoms with Gasteiger partial charge in [0.05, 0.1) is 0 Å². The third-order valence-corrected chi connectivity index (χ3v) is 0.829. The van der Waals surface area contributed by atoms with Crippen molar-refractivity contribution in [3.05, 3.63) is 29.8 Å². The second-order valence-electron chi connectivity index (χ2n) is 1.53. The summed E-state index contributed by atoms with van der Waals surface area (Å²) in [5.41, 5.74) is 1.34. The van der Waals surface area contributed by atoms with Crippen LogP contribution in [0.3, 0.4) is 0 Å². The fraction of sp³-hybridized carbons (Fsp3) is 0.167. The molecule has 0 N–H and O–H groups in total. The van der Waals surface area contributed by atoms with Crippen LogP contribution in [-0.2, 0) is 20.8 Å². The molecular formula is C6H7Cl2Zr-. The third-order valence-electron chi connectivity index (χ3n) is 0.829. The van der Waals surface area contributed by atoms with Gasteiger partial charge in [-0.15, -0.1) is 0 Å². The minimum absolute atomic E-state index is 0.826. The van der Waals surface area contributed by atoms with Gasteiger partial charge in [0.15, 0.2) is 0 Å². The molecular weight excluding hydrogens is 234 g/mol. The Balaban J connectivity index is 0.000000187. The van der Waals surface area contributed by atoms with Gasteiger partial charge in [-0.2, -0.15) is 17.7 Å². The monoisotopic (exact) mass is 239 g/mol. The molecule has 0 atom stereocenters. The summed E-state index contributed by atoms with van der Waals surface area (Å²) < 4.78 is 0. The Morgan fingerprint density at radius 1 is 1.22 bits per heavy atom. The summed E-state index contributed by atoms with van der Waals surface area (Å²) in [6.45, 7) is 2.08. The first-order chi connectivity index (χ1) is 4.31. The van der Waals surface area contributed by atoms with E-state index in [1.54, 1.807) is 0 Å². The van der Waals surface area contributed by atoms with Gasteiger partial charge < -0.3 is 0 Å². The Morgan fingerprint density at radius 2 is 1.56 bits per heavy atom. The van der Waals surface area contributed by atoms with Gasteiger partial charge in [0.2, 0.25) is 0 Å². The van der Waals surface area contributed by atoms with Crippen molar-refractivity contribution in [2.75, 3.05) is 0 Å². The normalized spacial score (nSPS) is 7.44. The molecule has 0 saturated carbocycles. The van der Waals surface area contributed by atoms with Crippen LogP contribution in [0.25, 0.3) is 0 Å². The van der Waals surface area contributed by atoms with Crippen LogP contribution in [-0.4, -0.2) is 0 Å². The first kappa shape index (κ1) is 9.81. The molecule has 0 saturated heterocycles. The van der Waals surface area contributed by atoms with Crippen molar-refractivity contribution in [1.29, 1.82) is 0 Å². The average Bonchev–Trinajstić information content (AvgIpc) is 2.20. The van der Waals surface area contributed by atoms with Crippen LogP contribution in [0.15, 0.2) is 24.3 Å². The number of halogens is 2. The zero-order chi connectivity index (χ0) is 7.11. The summed E-state index contributed by atoms with van der Waals surface area (Å²) in [5, 5.41) is 0. The Bertz CT molecular complexity index is 126. The van der Waals surface area contributed by atoms with Gasteiger partial charge in [0.25, 0.3) is 0 Å². The predicted octanol–water partition coefficient (Wildman–Crippen LogP) is 3.09. The molecule has 0 amide bonds. The van der Waals surface area contributed by atoms with E-state index in [0.717, 1.165) is 0 Å². The van der Waals surface area contributed by atoms with Gasteiger partial charge in [-0.25, -0.2) is 12.1 Å². The molecule has 0 nitrogen and oxygen atoms in total. The van der Waals surface area contributed by atoms with E-state index >= 15 is 0 Å². The Kier molecular flexibility index (Phi) is 7.55. The first-order valence-corrected chi connectivity index (χ1v) is 8.79. The maximum absolute atomic E-state index is 4.93. The Labute approximate surface area is 74.2 Å². The SMILES string of the molecule is C[c-]1cccc1.[Cl][Zr][Cl]. The fourth-order valence-electron chi connectivity index (χ4n) is 0.470. The summed E-state index contributed by atoms with van der Waals surface area (Å²) in [7, 11) is 9.87. The van der Waals surface area contributed by atoms with Crippen molar-refractivity contribution in [2.24, 2.45) is 0 Å². The Morgan fingerprint density at radius 3 is 1.67 bits per heavy atom. The van der Waals surface area contributed by atoms with E-state index in [9.17, 15) is 0 Å². The van der Waals surface area contributed by atoms with Gasteiger partial charge in [-0.1, -0.05) is 6.92 Å². The standard InChI is InChI=1S/C6H7.2ClH.Zr/c1-6-4-2-3-5-6;;;/h2-5H,1H3;2*1H;/q-1;;;+2/p-2. The van der Waals surface area contributed by atoms with Gasteiger partial charge in [0, 0.05) is 0 Å². The molecule has 50 valence electrons. The maximum atomic E-state index is 4.93. The van der Waals surface area contributed by atoms with Gasteiger partial charge in [-0.3, -0.25) is 0 Å². The molecule has 0 unspecified atom stereocenters. The van der Waals surface area contributed by atoms with Gasteiger partial charge in [-0.05, 0) is 0 Å². The molecule has 0 aromatic heterocycles. The molecule has 3 heteroatoms. The minimum atomic E-state index is -0.826. The topological polar surface area (TPSA) is 0 Å². The summed E-state index contributed by atoms with van der Waals surface area (Å²) in [6.07, 6.45) is 0. The summed E-state index contributed by atoms with van der Waals surface area (Å²) in [6, 6.07) is 8.24. The van der Waals surface area contributed by atoms with E-state index in [-0.39, 0.29) is 0 Å². The number of hydrogen-bond donors (Lipinski definition) is 0. The van der Waals surface area contributed by atoms with E-state index in [1.807, 2.05) is 12.1 Å². The molecule has 0 bridgehead atoms. The quantitative estimate of drug-likeness (QED) is 0.612. The van der Waals surface area contributed by atoms with Crippen LogP contribution in [0.5, 0.6) is 0 Å². The predicted molar refractivity (Wildman–Crippen MR) is 38.5 cm³/mol. The molecule has 0 heterocycles. The average molecular weight is 241 g/mol. The molecule has 0 fully saturated rings. The second kappa shape index (κ2) is 6.93. The molecule has 1 aromatic rings. The van der Waals surface area contributed by atoms with E-state index in [0.29, 0.717) is 0 Å². The molecule has 1 rings (SSSR count). The van der Waals surface area contributed by atoms with Crippen LogP contribution >= 0.6 is 17.0 Å². The molecule has 0 spiro atoms. The summed E-state index contributed by atoms with van der Waals surface area (Å²) >= 11 is -0.826. The van der Waals surface area contributed by atoms with Crippen LogP contribution in [0.4, 0.5) is 0 Å². The van der Waals surface area contributed by atoms with Gasteiger partial charge in [0.1, 0.15) is 0 Å². The summed E-state index contributed by atoms with van der Waals surface area (Å²) in [4.78, 5) is 0.